The number of aromatic nitrogens is 1. The van der Waals surface area contributed by atoms with Crippen LogP contribution in [0.1, 0.15) is 6.92 Å². The van der Waals surface area contributed by atoms with Gasteiger partial charge in [-0.05, 0) is 25.1 Å². The fraction of sp³-hybridized carbons (Fsp3) is 0.467. The van der Waals surface area contributed by atoms with E-state index in [2.05, 4.69) is 10.3 Å². The van der Waals surface area contributed by atoms with E-state index in [1.165, 1.54) is 11.3 Å². The number of hydrogen-bond donors (Lipinski definition) is 1. The maximum atomic E-state index is 12.1. The van der Waals surface area contributed by atoms with Gasteiger partial charge in [-0.1, -0.05) is 11.3 Å². The molecule has 1 saturated heterocycles. The van der Waals surface area contributed by atoms with Crippen molar-refractivity contribution in [1.82, 2.24) is 10.3 Å². The molecule has 124 valence electrons. The summed E-state index contributed by atoms with van der Waals surface area (Å²) in [7, 11) is 0. The van der Waals surface area contributed by atoms with Gasteiger partial charge in [-0.15, -0.1) is 0 Å². The van der Waals surface area contributed by atoms with E-state index < -0.39 is 13.0 Å². The molecule has 1 aliphatic heterocycles. The van der Waals surface area contributed by atoms with Crippen molar-refractivity contribution in [2.75, 3.05) is 31.1 Å². The number of hydrogen-bond acceptors (Lipinski definition) is 5. The van der Waals surface area contributed by atoms with Gasteiger partial charge in [0.15, 0.2) is 5.13 Å². The average molecular weight is 341 g/mol. The number of rotatable bonds is 6. The van der Waals surface area contributed by atoms with Crippen LogP contribution in [0.4, 0.5) is 13.9 Å². The van der Waals surface area contributed by atoms with Crippen LogP contribution in [0.25, 0.3) is 10.2 Å². The summed E-state index contributed by atoms with van der Waals surface area (Å²) in [6, 6.07) is 5.74. The lowest BCUT2D eigenvalue weighted by Crippen LogP contribution is -2.54. The Balaban J connectivity index is 1.61. The molecule has 23 heavy (non-hydrogen) atoms. The lowest BCUT2D eigenvalue weighted by Gasteiger charge is -2.37. The second-order valence-electron chi connectivity index (χ2n) is 5.30. The first-order valence-corrected chi connectivity index (χ1v) is 8.22. The number of thiazole rings is 1. The number of nitrogens with one attached hydrogen (secondary N) is 1. The number of anilines is 1. The Morgan fingerprint density at radius 2 is 2.30 bits per heavy atom. The van der Waals surface area contributed by atoms with Gasteiger partial charge in [0.1, 0.15) is 5.75 Å². The molecule has 0 spiro atoms. The van der Waals surface area contributed by atoms with E-state index in [0.717, 1.165) is 21.1 Å². The van der Waals surface area contributed by atoms with Crippen LogP contribution >= 0.6 is 11.3 Å². The zero-order chi connectivity index (χ0) is 16.4. The Morgan fingerprint density at radius 1 is 1.52 bits per heavy atom. The molecule has 0 aliphatic carbocycles. The number of carbonyl (C=O) groups is 1. The largest absolute Gasteiger partial charge is 0.494 e. The Kier molecular flexibility index (Phi) is 4.61. The molecule has 0 unspecified atom stereocenters. The van der Waals surface area contributed by atoms with Crippen LogP contribution in [-0.4, -0.2) is 43.6 Å². The molecule has 1 amide bonds. The molecule has 1 aliphatic rings. The van der Waals surface area contributed by atoms with E-state index in [1.807, 2.05) is 30.0 Å². The van der Waals surface area contributed by atoms with Gasteiger partial charge in [0.2, 0.25) is 5.91 Å². The summed E-state index contributed by atoms with van der Waals surface area (Å²) in [5, 5.41) is 3.09. The zero-order valence-electron chi connectivity index (χ0n) is 12.6. The van der Waals surface area contributed by atoms with Crippen LogP contribution in [0.15, 0.2) is 18.2 Å². The molecule has 0 radical (unpaired) electrons. The fourth-order valence-electron chi connectivity index (χ4n) is 2.41. The number of alkyl halides is 2. The molecule has 1 fully saturated rings. The van der Waals surface area contributed by atoms with E-state index in [-0.39, 0.29) is 11.8 Å². The molecule has 2 aromatic rings. The van der Waals surface area contributed by atoms with Crippen molar-refractivity contribution in [2.45, 2.75) is 13.3 Å². The Morgan fingerprint density at radius 3 is 3.00 bits per heavy atom. The number of halogens is 2. The first-order chi connectivity index (χ1) is 11.1. The van der Waals surface area contributed by atoms with Gasteiger partial charge < -0.3 is 15.0 Å². The van der Waals surface area contributed by atoms with Crippen molar-refractivity contribution in [3.63, 3.8) is 0 Å². The summed E-state index contributed by atoms with van der Waals surface area (Å²) in [6.07, 6.45) is -2.51. The zero-order valence-corrected chi connectivity index (χ0v) is 13.4. The van der Waals surface area contributed by atoms with Crippen LogP contribution in [0, 0.1) is 5.92 Å². The monoisotopic (exact) mass is 341 g/mol. The van der Waals surface area contributed by atoms with Crippen LogP contribution in [0.2, 0.25) is 0 Å². The van der Waals surface area contributed by atoms with Gasteiger partial charge in [0.25, 0.3) is 6.43 Å². The molecule has 0 saturated carbocycles. The van der Waals surface area contributed by atoms with E-state index in [1.54, 1.807) is 0 Å². The molecular formula is C15H17F2N3O2S. The third kappa shape index (κ3) is 3.52. The average Bonchev–Trinajstić information content (AvgIpc) is 2.86. The van der Waals surface area contributed by atoms with Gasteiger partial charge in [-0.25, -0.2) is 13.8 Å². The number of ether oxygens (including phenoxy) is 1. The molecule has 1 N–H and O–H groups in total. The maximum Gasteiger partial charge on any atom is 0.255 e. The number of nitrogens with zero attached hydrogens (tertiary/aromatic N) is 2. The predicted molar refractivity (Wildman–Crippen MR) is 85.5 cm³/mol. The normalized spacial score (nSPS) is 15.0. The minimum Gasteiger partial charge on any atom is -0.494 e. The first kappa shape index (κ1) is 15.9. The summed E-state index contributed by atoms with van der Waals surface area (Å²) >= 11 is 1.54. The molecule has 2 heterocycles. The quantitative estimate of drug-likeness (QED) is 0.877. The lowest BCUT2D eigenvalue weighted by molar-refractivity contribution is -0.126. The van der Waals surface area contributed by atoms with Crippen molar-refractivity contribution >= 4 is 32.6 Å². The number of benzene rings is 1. The molecule has 0 atom stereocenters. The highest BCUT2D eigenvalue weighted by Gasteiger charge is 2.34. The molecule has 3 rings (SSSR count). The van der Waals surface area contributed by atoms with Crippen molar-refractivity contribution in [3.8, 4) is 5.75 Å². The second-order valence-corrected chi connectivity index (χ2v) is 6.31. The van der Waals surface area contributed by atoms with Gasteiger partial charge in [0, 0.05) is 13.1 Å². The van der Waals surface area contributed by atoms with E-state index in [0.29, 0.717) is 19.7 Å². The second kappa shape index (κ2) is 6.66. The highest BCUT2D eigenvalue weighted by molar-refractivity contribution is 7.22. The third-order valence-electron chi connectivity index (χ3n) is 3.61. The molecule has 1 aromatic heterocycles. The molecule has 8 heteroatoms. The Bertz CT molecular complexity index is 701. The SMILES string of the molecule is CCOc1ccc2nc(N3CC(C(=O)NCC(F)F)C3)sc2c1. The Labute approximate surface area is 136 Å². The van der Waals surface area contributed by atoms with Crippen molar-refractivity contribution in [2.24, 2.45) is 5.92 Å². The van der Waals surface area contributed by atoms with Crippen molar-refractivity contribution < 1.29 is 18.3 Å². The van der Waals surface area contributed by atoms with Crippen molar-refractivity contribution in [3.05, 3.63) is 18.2 Å². The fourth-order valence-corrected chi connectivity index (χ4v) is 3.42. The highest BCUT2D eigenvalue weighted by atomic mass is 32.1. The minimum absolute atomic E-state index is 0.250. The summed E-state index contributed by atoms with van der Waals surface area (Å²) < 4.78 is 30.7. The predicted octanol–water partition coefficient (Wildman–Crippen LogP) is 2.51. The number of fused-ring (bicyclic) bond motifs is 1. The highest BCUT2D eigenvalue weighted by Crippen LogP contribution is 2.34. The van der Waals surface area contributed by atoms with Crippen molar-refractivity contribution in [1.29, 1.82) is 0 Å². The third-order valence-corrected chi connectivity index (χ3v) is 4.69. The summed E-state index contributed by atoms with van der Waals surface area (Å²) in [5.41, 5.74) is 0.888. The number of amides is 1. The van der Waals surface area contributed by atoms with E-state index in [4.69, 9.17) is 4.74 Å². The smallest absolute Gasteiger partial charge is 0.255 e. The van der Waals surface area contributed by atoms with Gasteiger partial charge in [-0.3, -0.25) is 4.79 Å². The summed E-state index contributed by atoms with van der Waals surface area (Å²) in [4.78, 5) is 18.2. The maximum absolute atomic E-state index is 12.1. The van der Waals surface area contributed by atoms with E-state index >= 15 is 0 Å². The minimum atomic E-state index is -2.51. The van der Waals surface area contributed by atoms with Crippen LogP contribution < -0.4 is 15.0 Å². The molecule has 0 bridgehead atoms. The summed E-state index contributed by atoms with van der Waals surface area (Å²) in [5.74, 6) is 0.240. The topological polar surface area (TPSA) is 54.5 Å². The van der Waals surface area contributed by atoms with Gasteiger partial charge in [0.05, 0.1) is 29.3 Å². The lowest BCUT2D eigenvalue weighted by atomic mass is 10.0. The Hall–Kier alpha value is -1.96. The first-order valence-electron chi connectivity index (χ1n) is 7.41. The van der Waals surface area contributed by atoms with Crippen LogP contribution in [-0.2, 0) is 4.79 Å². The van der Waals surface area contributed by atoms with Crippen LogP contribution in [0.3, 0.4) is 0 Å². The molecular weight excluding hydrogens is 324 g/mol. The van der Waals surface area contributed by atoms with Gasteiger partial charge in [-0.2, -0.15) is 0 Å². The summed E-state index contributed by atoms with van der Waals surface area (Å²) in [6.45, 7) is 2.97. The van der Waals surface area contributed by atoms with Crippen LogP contribution in [0.5, 0.6) is 5.75 Å². The standard InChI is InChI=1S/C15H17F2N3O2S/c1-2-22-10-3-4-11-12(5-10)23-15(19-11)20-7-9(8-20)14(21)18-6-13(16)17/h3-5,9,13H,2,6-8H2,1H3,(H,18,21). The molecule has 5 nitrogen and oxygen atoms in total. The van der Waals surface area contributed by atoms with E-state index in [9.17, 15) is 13.6 Å². The number of carbonyl (C=O) groups excluding carboxylic acids is 1. The van der Waals surface area contributed by atoms with Gasteiger partial charge >= 0.3 is 0 Å². The molecule has 1 aromatic carbocycles.